The Hall–Kier alpha value is -3.41. The predicted octanol–water partition coefficient (Wildman–Crippen LogP) is 3.81. The van der Waals surface area contributed by atoms with Crippen molar-refractivity contribution in [1.29, 1.82) is 0 Å². The van der Waals surface area contributed by atoms with Crippen LogP contribution < -0.4 is 15.4 Å². The van der Waals surface area contributed by atoms with Gasteiger partial charge in [-0.25, -0.2) is 4.39 Å². The summed E-state index contributed by atoms with van der Waals surface area (Å²) in [6, 6.07) is 15.7. The number of benzene rings is 2. The summed E-state index contributed by atoms with van der Waals surface area (Å²) < 4.78 is 18.3. The lowest BCUT2D eigenvalue weighted by Crippen LogP contribution is -2.26. The summed E-state index contributed by atoms with van der Waals surface area (Å²) in [5.74, 6) is 0.357. The number of nitrogens with zero attached hydrogens (tertiary/aromatic N) is 1. The first-order chi connectivity index (χ1) is 13.7. The molecule has 0 radical (unpaired) electrons. The molecule has 3 aromatic rings. The van der Waals surface area contributed by atoms with Crippen LogP contribution in [-0.2, 0) is 13.0 Å². The number of ether oxygens (including phenoxy) is 1. The van der Waals surface area contributed by atoms with Crippen molar-refractivity contribution in [3.8, 4) is 5.75 Å². The zero-order valence-corrected chi connectivity index (χ0v) is 15.6. The molecule has 0 saturated carbocycles. The third-order valence-electron chi connectivity index (χ3n) is 4.28. The molecule has 2 aromatic carbocycles. The topological polar surface area (TPSA) is 63.2 Å². The lowest BCUT2D eigenvalue weighted by Gasteiger charge is -2.10. The molecule has 0 unspecified atom stereocenters. The highest BCUT2D eigenvalue weighted by Crippen LogP contribution is 2.17. The number of hydrogen-bond donors (Lipinski definition) is 2. The van der Waals surface area contributed by atoms with Gasteiger partial charge in [-0.05, 0) is 41.8 Å². The number of para-hydroxylation sites is 1. The number of hydrogen-bond acceptors (Lipinski definition) is 4. The predicted molar refractivity (Wildman–Crippen MR) is 107 cm³/mol. The smallest absolute Gasteiger partial charge is 0.252 e. The van der Waals surface area contributed by atoms with Crippen LogP contribution >= 0.6 is 0 Å². The SMILES string of the molecule is COc1ccccc1CCNC(=O)c1cncc(NCc2ccc(F)cc2)c1. The van der Waals surface area contributed by atoms with Gasteiger partial charge in [0, 0.05) is 25.5 Å². The van der Waals surface area contributed by atoms with Crippen molar-refractivity contribution >= 4 is 11.6 Å². The van der Waals surface area contributed by atoms with Crippen molar-refractivity contribution in [3.63, 3.8) is 0 Å². The van der Waals surface area contributed by atoms with Crippen molar-refractivity contribution in [3.05, 3.63) is 89.5 Å². The van der Waals surface area contributed by atoms with Crippen LogP contribution in [0.3, 0.4) is 0 Å². The number of aromatic nitrogens is 1. The van der Waals surface area contributed by atoms with Crippen LogP contribution in [0.2, 0.25) is 0 Å². The van der Waals surface area contributed by atoms with Gasteiger partial charge in [0.15, 0.2) is 0 Å². The third kappa shape index (κ3) is 5.30. The standard InChI is InChI=1S/C22H22FN3O2/c1-28-21-5-3-2-4-17(21)10-11-25-22(27)18-12-20(15-24-14-18)26-13-16-6-8-19(23)9-7-16/h2-9,12,14-15,26H,10-11,13H2,1H3,(H,25,27). The summed E-state index contributed by atoms with van der Waals surface area (Å²) in [5.41, 5.74) is 3.18. The minimum atomic E-state index is -0.266. The molecule has 0 aliphatic carbocycles. The number of carbonyl (C=O) groups is 1. The fraction of sp³-hybridized carbons (Fsp3) is 0.182. The van der Waals surface area contributed by atoms with Gasteiger partial charge in [0.25, 0.3) is 5.91 Å². The minimum absolute atomic E-state index is 0.187. The summed E-state index contributed by atoms with van der Waals surface area (Å²) in [7, 11) is 1.63. The van der Waals surface area contributed by atoms with E-state index in [1.807, 2.05) is 24.3 Å². The van der Waals surface area contributed by atoms with Crippen molar-refractivity contribution in [2.24, 2.45) is 0 Å². The summed E-state index contributed by atoms with van der Waals surface area (Å²) in [4.78, 5) is 16.5. The van der Waals surface area contributed by atoms with Gasteiger partial charge in [0.2, 0.25) is 0 Å². The van der Waals surface area contributed by atoms with Gasteiger partial charge >= 0.3 is 0 Å². The Bertz CT molecular complexity index is 929. The molecule has 3 rings (SSSR count). The highest BCUT2D eigenvalue weighted by molar-refractivity contribution is 5.94. The van der Waals surface area contributed by atoms with E-state index in [-0.39, 0.29) is 11.7 Å². The van der Waals surface area contributed by atoms with Gasteiger partial charge in [-0.2, -0.15) is 0 Å². The normalized spacial score (nSPS) is 10.4. The maximum atomic E-state index is 13.0. The number of rotatable bonds is 8. The van der Waals surface area contributed by atoms with E-state index in [1.165, 1.54) is 18.3 Å². The first-order valence-corrected chi connectivity index (χ1v) is 8.99. The molecular weight excluding hydrogens is 357 g/mol. The molecule has 1 aromatic heterocycles. The van der Waals surface area contributed by atoms with Gasteiger partial charge in [-0.1, -0.05) is 30.3 Å². The second-order valence-corrected chi connectivity index (χ2v) is 6.26. The molecule has 0 aliphatic heterocycles. The Kier molecular flexibility index (Phi) is 6.57. The van der Waals surface area contributed by atoms with Gasteiger partial charge in [-0.3, -0.25) is 9.78 Å². The van der Waals surface area contributed by atoms with E-state index in [2.05, 4.69) is 15.6 Å². The van der Waals surface area contributed by atoms with Gasteiger partial charge in [-0.15, -0.1) is 0 Å². The molecule has 2 N–H and O–H groups in total. The average Bonchev–Trinajstić information content (AvgIpc) is 2.74. The monoisotopic (exact) mass is 379 g/mol. The van der Waals surface area contributed by atoms with Crippen molar-refractivity contribution < 1.29 is 13.9 Å². The molecule has 0 bridgehead atoms. The van der Waals surface area contributed by atoms with E-state index in [4.69, 9.17) is 4.74 Å². The molecule has 0 aliphatic rings. The van der Waals surface area contributed by atoms with Gasteiger partial charge < -0.3 is 15.4 Å². The first kappa shape index (κ1) is 19.4. The Morgan fingerprint density at radius 1 is 1.11 bits per heavy atom. The Morgan fingerprint density at radius 2 is 1.89 bits per heavy atom. The molecule has 6 heteroatoms. The number of pyridine rings is 1. The van der Waals surface area contributed by atoms with Crippen molar-refractivity contribution in [1.82, 2.24) is 10.3 Å². The zero-order chi connectivity index (χ0) is 19.8. The van der Waals surface area contributed by atoms with E-state index in [0.29, 0.717) is 25.1 Å². The van der Waals surface area contributed by atoms with Crippen molar-refractivity contribution in [2.45, 2.75) is 13.0 Å². The molecule has 0 atom stereocenters. The van der Waals surface area contributed by atoms with Crippen LogP contribution in [0.1, 0.15) is 21.5 Å². The van der Waals surface area contributed by atoms with Crippen LogP contribution in [0.4, 0.5) is 10.1 Å². The van der Waals surface area contributed by atoms with Gasteiger partial charge in [0.05, 0.1) is 18.4 Å². The highest BCUT2D eigenvalue weighted by atomic mass is 19.1. The Balaban J connectivity index is 1.54. The van der Waals surface area contributed by atoms with E-state index >= 15 is 0 Å². The Labute approximate surface area is 163 Å². The summed E-state index contributed by atoms with van der Waals surface area (Å²) in [6.45, 7) is 1.01. The second kappa shape index (κ2) is 9.50. The van der Waals surface area contributed by atoms with E-state index in [9.17, 15) is 9.18 Å². The minimum Gasteiger partial charge on any atom is -0.496 e. The number of anilines is 1. The Morgan fingerprint density at radius 3 is 2.68 bits per heavy atom. The molecule has 1 amide bonds. The summed E-state index contributed by atoms with van der Waals surface area (Å²) >= 11 is 0. The number of methoxy groups -OCH3 is 1. The van der Waals surface area contributed by atoms with Crippen LogP contribution in [0.15, 0.2) is 67.0 Å². The zero-order valence-electron chi connectivity index (χ0n) is 15.6. The quantitative estimate of drug-likeness (QED) is 0.625. The van der Waals surface area contributed by atoms with Crippen molar-refractivity contribution in [2.75, 3.05) is 19.0 Å². The molecule has 28 heavy (non-hydrogen) atoms. The van der Waals surface area contributed by atoms with Crippen LogP contribution in [0.5, 0.6) is 5.75 Å². The van der Waals surface area contributed by atoms with Crippen LogP contribution in [-0.4, -0.2) is 24.5 Å². The number of halogens is 1. The molecule has 1 heterocycles. The lowest BCUT2D eigenvalue weighted by atomic mass is 10.1. The number of nitrogens with one attached hydrogen (secondary N) is 2. The van der Waals surface area contributed by atoms with E-state index in [0.717, 1.165) is 22.6 Å². The lowest BCUT2D eigenvalue weighted by molar-refractivity contribution is 0.0953. The van der Waals surface area contributed by atoms with Crippen LogP contribution in [0.25, 0.3) is 0 Å². The second-order valence-electron chi connectivity index (χ2n) is 6.26. The van der Waals surface area contributed by atoms with Crippen LogP contribution in [0, 0.1) is 5.82 Å². The highest BCUT2D eigenvalue weighted by Gasteiger charge is 2.08. The van der Waals surface area contributed by atoms with Gasteiger partial charge in [0.1, 0.15) is 11.6 Å². The third-order valence-corrected chi connectivity index (χ3v) is 4.28. The molecule has 0 saturated heterocycles. The number of amides is 1. The molecular formula is C22H22FN3O2. The largest absolute Gasteiger partial charge is 0.496 e. The number of carbonyl (C=O) groups excluding carboxylic acids is 1. The fourth-order valence-electron chi connectivity index (χ4n) is 2.79. The molecule has 0 fully saturated rings. The average molecular weight is 379 g/mol. The summed E-state index contributed by atoms with van der Waals surface area (Å²) in [5, 5.41) is 6.09. The molecule has 0 spiro atoms. The molecule has 144 valence electrons. The van der Waals surface area contributed by atoms with E-state index in [1.54, 1.807) is 31.5 Å². The fourth-order valence-corrected chi connectivity index (χ4v) is 2.79. The summed E-state index contributed by atoms with van der Waals surface area (Å²) in [6.07, 6.45) is 3.85. The maximum Gasteiger partial charge on any atom is 0.252 e. The van der Waals surface area contributed by atoms with E-state index < -0.39 is 0 Å². The maximum absolute atomic E-state index is 13.0. The molecule has 5 nitrogen and oxygen atoms in total. The first-order valence-electron chi connectivity index (χ1n) is 8.99.